The Balaban J connectivity index is 1.84. The number of nitrogens with zero attached hydrogens (tertiary/aromatic N) is 1. The molecule has 0 aliphatic carbocycles. The van der Waals surface area contributed by atoms with E-state index >= 15 is 0 Å². The van der Waals surface area contributed by atoms with Crippen molar-refractivity contribution in [2.24, 2.45) is 0 Å². The first-order valence-corrected chi connectivity index (χ1v) is 8.44. The lowest BCUT2D eigenvalue weighted by Crippen LogP contribution is -2.18. The second kappa shape index (κ2) is 6.68. The van der Waals surface area contributed by atoms with Gasteiger partial charge in [-0.1, -0.05) is 31.9 Å². The summed E-state index contributed by atoms with van der Waals surface area (Å²) in [5.41, 5.74) is 2.15. The number of carbonyl (C=O) groups excluding carboxylic acids is 2. The van der Waals surface area contributed by atoms with Gasteiger partial charge in [-0.15, -0.1) is 0 Å². The molecule has 116 valence electrons. The lowest BCUT2D eigenvalue weighted by Gasteiger charge is -2.07. The average Bonchev–Trinajstić information content (AvgIpc) is 2.86. The van der Waals surface area contributed by atoms with E-state index in [0.29, 0.717) is 5.56 Å². The zero-order chi connectivity index (χ0) is 16.4. The summed E-state index contributed by atoms with van der Waals surface area (Å²) < 4.78 is 3.62. The van der Waals surface area contributed by atoms with E-state index in [1.807, 2.05) is 42.5 Å². The van der Waals surface area contributed by atoms with Crippen molar-refractivity contribution in [2.45, 2.75) is 6.54 Å². The normalized spacial score (nSPS) is 10.7. The molecule has 0 aliphatic heterocycles. The van der Waals surface area contributed by atoms with Crippen LogP contribution in [0.3, 0.4) is 0 Å². The first-order chi connectivity index (χ1) is 11.1. The monoisotopic (exact) mass is 434 g/mol. The number of hydrogen-bond acceptors (Lipinski definition) is 2. The van der Waals surface area contributed by atoms with Gasteiger partial charge in [-0.2, -0.15) is 0 Å². The fraction of sp³-hybridized carbons (Fsp3) is 0.0588. The Morgan fingerprint density at radius 2 is 1.78 bits per heavy atom. The number of carbonyl (C=O) groups is 2. The molecule has 3 aromatic rings. The molecule has 0 fully saturated rings. The van der Waals surface area contributed by atoms with E-state index in [4.69, 9.17) is 0 Å². The number of benzene rings is 2. The van der Waals surface area contributed by atoms with Crippen LogP contribution in [0.25, 0.3) is 10.9 Å². The van der Waals surface area contributed by atoms with Gasteiger partial charge in [0.2, 0.25) is 5.91 Å². The SMILES string of the molecule is O=Cc1cn(CC(=O)Nc2ccc(Br)cc2)c2ccc(Br)cc12. The van der Waals surface area contributed by atoms with Crippen LogP contribution in [0, 0.1) is 0 Å². The molecule has 0 saturated heterocycles. The van der Waals surface area contributed by atoms with Crippen molar-refractivity contribution in [2.75, 3.05) is 5.32 Å². The molecule has 0 spiro atoms. The number of amides is 1. The van der Waals surface area contributed by atoms with E-state index in [0.717, 1.165) is 31.8 Å². The average molecular weight is 436 g/mol. The van der Waals surface area contributed by atoms with Gasteiger partial charge in [0.05, 0.1) is 0 Å². The molecule has 1 N–H and O–H groups in total. The van der Waals surface area contributed by atoms with Crippen LogP contribution < -0.4 is 5.32 Å². The van der Waals surface area contributed by atoms with Crippen molar-refractivity contribution in [1.29, 1.82) is 0 Å². The number of anilines is 1. The van der Waals surface area contributed by atoms with Crippen LogP contribution in [-0.2, 0) is 11.3 Å². The summed E-state index contributed by atoms with van der Waals surface area (Å²) in [6.07, 6.45) is 2.50. The van der Waals surface area contributed by atoms with E-state index < -0.39 is 0 Å². The lowest BCUT2D eigenvalue weighted by atomic mass is 10.2. The fourth-order valence-electron chi connectivity index (χ4n) is 2.41. The predicted octanol–water partition coefficient (Wildman–Crippen LogP) is 4.62. The van der Waals surface area contributed by atoms with E-state index in [1.54, 1.807) is 10.8 Å². The Morgan fingerprint density at radius 3 is 2.48 bits per heavy atom. The Labute approximate surface area is 149 Å². The molecule has 0 aliphatic rings. The number of aromatic nitrogens is 1. The summed E-state index contributed by atoms with van der Waals surface area (Å²) in [6, 6.07) is 13.0. The van der Waals surface area contributed by atoms with Crippen LogP contribution in [0.5, 0.6) is 0 Å². The molecule has 1 amide bonds. The maximum Gasteiger partial charge on any atom is 0.244 e. The van der Waals surface area contributed by atoms with Crippen LogP contribution in [0.1, 0.15) is 10.4 Å². The minimum Gasteiger partial charge on any atom is -0.337 e. The van der Waals surface area contributed by atoms with Crippen molar-refractivity contribution in [3.05, 3.63) is 63.2 Å². The second-order valence-corrected chi connectivity index (χ2v) is 6.88. The van der Waals surface area contributed by atoms with Gasteiger partial charge in [-0.3, -0.25) is 9.59 Å². The summed E-state index contributed by atoms with van der Waals surface area (Å²) in [7, 11) is 0. The van der Waals surface area contributed by atoms with Crippen molar-refractivity contribution in [3.8, 4) is 0 Å². The quantitative estimate of drug-likeness (QED) is 0.608. The van der Waals surface area contributed by atoms with E-state index in [2.05, 4.69) is 37.2 Å². The van der Waals surface area contributed by atoms with Crippen LogP contribution in [0.2, 0.25) is 0 Å². The third-order valence-electron chi connectivity index (χ3n) is 3.44. The highest BCUT2D eigenvalue weighted by Crippen LogP contribution is 2.24. The zero-order valence-electron chi connectivity index (χ0n) is 11.9. The minimum atomic E-state index is -0.149. The van der Waals surface area contributed by atoms with E-state index in [1.165, 1.54) is 0 Å². The highest BCUT2D eigenvalue weighted by Gasteiger charge is 2.11. The van der Waals surface area contributed by atoms with Crippen LogP contribution in [0.15, 0.2) is 57.6 Å². The summed E-state index contributed by atoms with van der Waals surface area (Å²) in [6.45, 7) is 0.141. The molecular formula is C17H12Br2N2O2. The number of aldehydes is 1. The van der Waals surface area contributed by atoms with Gasteiger partial charge in [-0.05, 0) is 42.5 Å². The molecule has 3 rings (SSSR count). The van der Waals surface area contributed by atoms with Crippen molar-refractivity contribution in [3.63, 3.8) is 0 Å². The van der Waals surface area contributed by atoms with Crippen molar-refractivity contribution < 1.29 is 9.59 Å². The smallest absolute Gasteiger partial charge is 0.244 e. The number of rotatable bonds is 4. The van der Waals surface area contributed by atoms with Gasteiger partial charge < -0.3 is 9.88 Å². The lowest BCUT2D eigenvalue weighted by molar-refractivity contribution is -0.116. The Morgan fingerprint density at radius 1 is 1.09 bits per heavy atom. The summed E-state index contributed by atoms with van der Waals surface area (Å²) in [5, 5.41) is 3.67. The maximum atomic E-state index is 12.2. The zero-order valence-corrected chi connectivity index (χ0v) is 15.1. The number of halogens is 2. The second-order valence-electron chi connectivity index (χ2n) is 5.05. The molecule has 2 aromatic carbocycles. The van der Waals surface area contributed by atoms with Gasteiger partial charge in [0.15, 0.2) is 6.29 Å². The molecular weight excluding hydrogens is 424 g/mol. The third kappa shape index (κ3) is 3.54. The standard InChI is InChI=1S/C17H12Br2N2O2/c18-12-1-4-14(5-2-12)20-17(23)9-21-8-11(10-22)15-7-13(19)3-6-16(15)21/h1-8,10H,9H2,(H,20,23). The molecule has 6 heteroatoms. The molecule has 1 aromatic heterocycles. The molecule has 0 radical (unpaired) electrons. The molecule has 4 nitrogen and oxygen atoms in total. The van der Waals surface area contributed by atoms with Crippen LogP contribution >= 0.6 is 31.9 Å². The Hall–Kier alpha value is -1.92. The summed E-state index contributed by atoms with van der Waals surface area (Å²) >= 11 is 6.75. The molecule has 0 bridgehead atoms. The third-order valence-corrected chi connectivity index (χ3v) is 4.46. The van der Waals surface area contributed by atoms with E-state index in [9.17, 15) is 9.59 Å². The van der Waals surface area contributed by atoms with Crippen LogP contribution in [0.4, 0.5) is 5.69 Å². The molecule has 23 heavy (non-hydrogen) atoms. The summed E-state index contributed by atoms with van der Waals surface area (Å²) in [4.78, 5) is 23.5. The number of fused-ring (bicyclic) bond motifs is 1. The predicted molar refractivity (Wildman–Crippen MR) is 97.8 cm³/mol. The van der Waals surface area contributed by atoms with Gasteiger partial charge in [0.1, 0.15) is 6.54 Å². The van der Waals surface area contributed by atoms with Crippen molar-refractivity contribution in [1.82, 2.24) is 4.57 Å². The maximum absolute atomic E-state index is 12.2. The van der Waals surface area contributed by atoms with Gasteiger partial charge in [0.25, 0.3) is 0 Å². The largest absolute Gasteiger partial charge is 0.337 e. The van der Waals surface area contributed by atoms with Gasteiger partial charge >= 0.3 is 0 Å². The molecule has 0 saturated carbocycles. The summed E-state index contributed by atoms with van der Waals surface area (Å²) in [5.74, 6) is -0.149. The van der Waals surface area contributed by atoms with Gasteiger partial charge in [-0.25, -0.2) is 0 Å². The van der Waals surface area contributed by atoms with Gasteiger partial charge in [0, 0.05) is 37.3 Å². The highest BCUT2D eigenvalue weighted by atomic mass is 79.9. The molecule has 0 atom stereocenters. The Kier molecular flexibility index (Phi) is 4.63. The first kappa shape index (κ1) is 16.0. The first-order valence-electron chi connectivity index (χ1n) is 6.86. The Bertz CT molecular complexity index is 885. The number of nitrogens with one attached hydrogen (secondary N) is 1. The fourth-order valence-corrected chi connectivity index (χ4v) is 3.04. The topological polar surface area (TPSA) is 51.1 Å². The highest BCUT2D eigenvalue weighted by molar-refractivity contribution is 9.10. The van der Waals surface area contributed by atoms with Crippen molar-refractivity contribution >= 4 is 60.6 Å². The number of hydrogen-bond donors (Lipinski definition) is 1. The molecule has 0 unspecified atom stereocenters. The van der Waals surface area contributed by atoms with E-state index in [-0.39, 0.29) is 12.5 Å². The molecule has 1 heterocycles. The minimum absolute atomic E-state index is 0.141. The van der Waals surface area contributed by atoms with Crippen LogP contribution in [-0.4, -0.2) is 16.8 Å².